The average Bonchev–Trinajstić information content (AvgIpc) is 2.78. The van der Waals surface area contributed by atoms with Crippen LogP contribution in [0.1, 0.15) is 5.82 Å². The maximum atomic E-state index is 13.6. The lowest BCUT2D eigenvalue weighted by atomic mass is 10.3. The second kappa shape index (κ2) is 4.94. The fraction of sp³-hybridized carbons (Fsp3) is 0.133. The minimum atomic E-state index is -0.409. The highest BCUT2D eigenvalue weighted by Gasteiger charge is 2.09. The Kier molecular flexibility index (Phi) is 3.12. The molecule has 3 rings (SSSR count). The van der Waals surface area contributed by atoms with E-state index in [1.54, 1.807) is 41.0 Å². The number of aliphatic hydroxyl groups excluding tert-OH is 1. The van der Waals surface area contributed by atoms with Gasteiger partial charge in [-0.15, -0.1) is 0 Å². The number of para-hydroxylation sites is 1. The highest BCUT2D eigenvalue weighted by atomic mass is 19.1. The van der Waals surface area contributed by atoms with Gasteiger partial charge in [0.15, 0.2) is 11.6 Å². The predicted molar refractivity (Wildman–Crippen MR) is 73.1 cm³/mol. The molecule has 5 heteroatoms. The van der Waals surface area contributed by atoms with E-state index in [1.165, 1.54) is 6.07 Å². The van der Waals surface area contributed by atoms with Crippen molar-refractivity contribution in [2.45, 2.75) is 6.61 Å². The molecule has 20 heavy (non-hydrogen) atoms. The van der Waals surface area contributed by atoms with Crippen LogP contribution in [0.5, 0.6) is 11.5 Å². The first kappa shape index (κ1) is 12.6. The number of aromatic nitrogens is 2. The highest BCUT2D eigenvalue weighted by Crippen LogP contribution is 2.27. The van der Waals surface area contributed by atoms with Crippen molar-refractivity contribution < 1.29 is 14.2 Å². The number of rotatable bonds is 3. The molecule has 0 bridgehead atoms. The molecule has 0 saturated carbocycles. The van der Waals surface area contributed by atoms with Crippen LogP contribution in [0.3, 0.4) is 0 Å². The van der Waals surface area contributed by atoms with Gasteiger partial charge in [0, 0.05) is 13.1 Å². The fourth-order valence-electron chi connectivity index (χ4n) is 2.08. The molecule has 0 aliphatic rings. The smallest absolute Gasteiger partial charge is 0.165 e. The summed E-state index contributed by atoms with van der Waals surface area (Å²) in [6, 6.07) is 11.5. The number of halogens is 1. The van der Waals surface area contributed by atoms with Crippen molar-refractivity contribution in [1.29, 1.82) is 0 Å². The van der Waals surface area contributed by atoms with E-state index in [1.807, 2.05) is 7.05 Å². The van der Waals surface area contributed by atoms with Crippen molar-refractivity contribution >= 4 is 11.0 Å². The van der Waals surface area contributed by atoms with Crippen LogP contribution in [-0.2, 0) is 13.7 Å². The number of imidazole rings is 1. The first-order chi connectivity index (χ1) is 9.69. The van der Waals surface area contributed by atoms with Crippen LogP contribution in [0.15, 0.2) is 42.5 Å². The molecule has 0 spiro atoms. The molecule has 0 radical (unpaired) electrons. The summed E-state index contributed by atoms with van der Waals surface area (Å²) in [5, 5.41) is 9.20. The third-order valence-electron chi connectivity index (χ3n) is 3.15. The number of aryl methyl sites for hydroxylation is 1. The van der Waals surface area contributed by atoms with Crippen LogP contribution in [0, 0.1) is 5.82 Å². The van der Waals surface area contributed by atoms with Gasteiger partial charge in [0.2, 0.25) is 0 Å². The second-order valence-electron chi connectivity index (χ2n) is 4.43. The standard InChI is InChI=1S/C15H13FN2O2/c1-18-13-8-10(6-7-12(13)17-15(18)9-19)20-14-5-3-2-4-11(14)16/h2-8,19H,9H2,1H3. The van der Waals surface area contributed by atoms with E-state index in [0.29, 0.717) is 11.6 Å². The third kappa shape index (κ3) is 2.12. The van der Waals surface area contributed by atoms with Crippen molar-refractivity contribution in [1.82, 2.24) is 9.55 Å². The molecule has 0 fully saturated rings. The Labute approximate surface area is 115 Å². The summed E-state index contributed by atoms with van der Waals surface area (Å²) >= 11 is 0. The molecule has 0 aliphatic heterocycles. The molecule has 1 aromatic heterocycles. The van der Waals surface area contributed by atoms with E-state index in [0.717, 1.165) is 11.0 Å². The van der Waals surface area contributed by atoms with E-state index < -0.39 is 5.82 Å². The fourth-order valence-corrected chi connectivity index (χ4v) is 2.08. The summed E-state index contributed by atoms with van der Waals surface area (Å²) in [5.41, 5.74) is 1.58. The normalized spacial score (nSPS) is 10.9. The molecule has 0 atom stereocenters. The Bertz CT molecular complexity index is 768. The van der Waals surface area contributed by atoms with Gasteiger partial charge in [0.1, 0.15) is 18.2 Å². The minimum absolute atomic E-state index is 0.130. The Hall–Kier alpha value is -2.40. The van der Waals surface area contributed by atoms with E-state index in [2.05, 4.69) is 4.98 Å². The predicted octanol–water partition coefficient (Wildman–Crippen LogP) is 3.00. The van der Waals surface area contributed by atoms with Gasteiger partial charge in [-0.25, -0.2) is 9.37 Å². The summed E-state index contributed by atoms with van der Waals surface area (Å²) in [6.45, 7) is -0.130. The minimum Gasteiger partial charge on any atom is -0.454 e. The maximum absolute atomic E-state index is 13.6. The zero-order valence-electron chi connectivity index (χ0n) is 10.9. The highest BCUT2D eigenvalue weighted by molar-refractivity contribution is 5.77. The third-order valence-corrected chi connectivity index (χ3v) is 3.15. The van der Waals surface area contributed by atoms with Gasteiger partial charge in [-0.3, -0.25) is 0 Å². The van der Waals surface area contributed by atoms with E-state index >= 15 is 0 Å². The number of hydrogen-bond acceptors (Lipinski definition) is 3. The molecule has 3 aromatic rings. The van der Waals surface area contributed by atoms with E-state index in [9.17, 15) is 9.50 Å². The van der Waals surface area contributed by atoms with Gasteiger partial charge in [0.25, 0.3) is 0 Å². The summed E-state index contributed by atoms with van der Waals surface area (Å²) in [4.78, 5) is 4.28. The van der Waals surface area contributed by atoms with Crippen molar-refractivity contribution in [2.75, 3.05) is 0 Å². The SMILES string of the molecule is Cn1c(CO)nc2ccc(Oc3ccccc3F)cc21. The monoisotopic (exact) mass is 272 g/mol. The van der Waals surface area contributed by atoms with Crippen molar-refractivity contribution in [3.63, 3.8) is 0 Å². The molecule has 1 N–H and O–H groups in total. The van der Waals surface area contributed by atoms with E-state index in [4.69, 9.17) is 4.74 Å². The molecule has 1 heterocycles. The van der Waals surface area contributed by atoms with Gasteiger partial charge in [-0.2, -0.15) is 0 Å². The van der Waals surface area contributed by atoms with Crippen molar-refractivity contribution in [3.05, 3.63) is 54.1 Å². The van der Waals surface area contributed by atoms with Gasteiger partial charge in [-0.1, -0.05) is 12.1 Å². The van der Waals surface area contributed by atoms with Gasteiger partial charge in [0.05, 0.1) is 11.0 Å². The molecule has 102 valence electrons. The van der Waals surface area contributed by atoms with Crippen LogP contribution in [0.2, 0.25) is 0 Å². The topological polar surface area (TPSA) is 47.3 Å². The first-order valence-electron chi connectivity index (χ1n) is 6.17. The van der Waals surface area contributed by atoms with Gasteiger partial charge >= 0.3 is 0 Å². The molecule has 0 amide bonds. The zero-order valence-corrected chi connectivity index (χ0v) is 10.9. The van der Waals surface area contributed by atoms with Crippen LogP contribution in [-0.4, -0.2) is 14.7 Å². The van der Waals surface area contributed by atoms with E-state index in [-0.39, 0.29) is 12.4 Å². The lowest BCUT2D eigenvalue weighted by Crippen LogP contribution is -1.96. The average molecular weight is 272 g/mol. The van der Waals surface area contributed by atoms with Gasteiger partial charge in [-0.05, 0) is 24.3 Å². The Balaban J connectivity index is 2.01. The summed E-state index contributed by atoms with van der Waals surface area (Å²) in [7, 11) is 1.81. The number of ether oxygens (including phenoxy) is 1. The molecular formula is C15H13FN2O2. The Morgan fingerprint density at radius 3 is 2.80 bits per heavy atom. The van der Waals surface area contributed by atoms with Crippen LogP contribution in [0.4, 0.5) is 4.39 Å². The summed E-state index contributed by atoms with van der Waals surface area (Å²) in [5.74, 6) is 0.864. The lowest BCUT2D eigenvalue weighted by Gasteiger charge is -2.07. The number of aliphatic hydroxyl groups is 1. The Morgan fingerprint density at radius 1 is 1.25 bits per heavy atom. The first-order valence-corrected chi connectivity index (χ1v) is 6.17. The summed E-state index contributed by atoms with van der Waals surface area (Å²) in [6.07, 6.45) is 0. The van der Waals surface area contributed by atoms with Crippen LogP contribution in [0.25, 0.3) is 11.0 Å². The number of fused-ring (bicyclic) bond motifs is 1. The quantitative estimate of drug-likeness (QED) is 0.797. The lowest BCUT2D eigenvalue weighted by molar-refractivity contribution is 0.268. The molecule has 0 aliphatic carbocycles. The molecule has 2 aromatic carbocycles. The van der Waals surface area contributed by atoms with Gasteiger partial charge < -0.3 is 14.4 Å². The zero-order chi connectivity index (χ0) is 14.1. The summed E-state index contributed by atoms with van der Waals surface area (Å²) < 4.78 is 20.9. The van der Waals surface area contributed by atoms with Crippen molar-refractivity contribution in [2.24, 2.45) is 7.05 Å². The maximum Gasteiger partial charge on any atom is 0.165 e. The molecular weight excluding hydrogens is 259 g/mol. The number of benzene rings is 2. The molecule has 0 saturated heterocycles. The Morgan fingerprint density at radius 2 is 2.05 bits per heavy atom. The number of nitrogens with zero attached hydrogens (tertiary/aromatic N) is 2. The number of hydrogen-bond donors (Lipinski definition) is 1. The molecule has 4 nitrogen and oxygen atoms in total. The van der Waals surface area contributed by atoms with Crippen LogP contribution < -0.4 is 4.74 Å². The van der Waals surface area contributed by atoms with Crippen molar-refractivity contribution in [3.8, 4) is 11.5 Å². The molecule has 0 unspecified atom stereocenters. The second-order valence-corrected chi connectivity index (χ2v) is 4.43. The largest absolute Gasteiger partial charge is 0.454 e. The van der Waals surface area contributed by atoms with Crippen LogP contribution >= 0.6 is 0 Å².